The molecule has 0 spiro atoms. The second-order valence-electron chi connectivity index (χ2n) is 4.49. The Morgan fingerprint density at radius 2 is 2.27 bits per heavy atom. The summed E-state index contributed by atoms with van der Waals surface area (Å²) in [5.41, 5.74) is 0. The van der Waals surface area contributed by atoms with Gasteiger partial charge in [-0.3, -0.25) is 4.79 Å². The molecule has 3 heteroatoms. The van der Waals surface area contributed by atoms with Crippen molar-refractivity contribution in [3.8, 4) is 0 Å². The van der Waals surface area contributed by atoms with Gasteiger partial charge in [-0.25, -0.2) is 0 Å². The molecule has 3 nitrogen and oxygen atoms in total. The summed E-state index contributed by atoms with van der Waals surface area (Å²) in [7, 11) is 0. The van der Waals surface area contributed by atoms with Crippen molar-refractivity contribution >= 4 is 5.91 Å². The lowest BCUT2D eigenvalue weighted by molar-refractivity contribution is -0.126. The summed E-state index contributed by atoms with van der Waals surface area (Å²) < 4.78 is 0. The molecule has 1 saturated heterocycles. The molecule has 0 aromatic carbocycles. The van der Waals surface area contributed by atoms with E-state index in [-0.39, 0.29) is 11.8 Å². The van der Waals surface area contributed by atoms with Crippen LogP contribution in [0.5, 0.6) is 0 Å². The molecule has 15 heavy (non-hydrogen) atoms. The average Bonchev–Trinajstić information content (AvgIpc) is 2.25. The summed E-state index contributed by atoms with van der Waals surface area (Å²) in [4.78, 5) is 11.8. The van der Waals surface area contributed by atoms with Crippen molar-refractivity contribution in [2.45, 2.75) is 52.0 Å². The van der Waals surface area contributed by atoms with Crippen molar-refractivity contribution < 1.29 is 4.79 Å². The molecule has 2 unspecified atom stereocenters. The first-order valence-electron chi connectivity index (χ1n) is 6.26. The Bertz CT molecular complexity index is 194. The standard InChI is InChI=1S/C12H24N2O/c1-3-4-5-8-14-12(15)11-7-6-9-13-10(11)2/h10-11,13H,3-9H2,1-2H3,(H,14,15). The van der Waals surface area contributed by atoms with Crippen molar-refractivity contribution in [3.05, 3.63) is 0 Å². The zero-order valence-electron chi connectivity index (χ0n) is 10.0. The Hall–Kier alpha value is -0.570. The number of nitrogens with one attached hydrogen (secondary N) is 2. The van der Waals surface area contributed by atoms with Crippen molar-refractivity contribution in [3.63, 3.8) is 0 Å². The van der Waals surface area contributed by atoms with Gasteiger partial charge in [-0.2, -0.15) is 0 Å². The van der Waals surface area contributed by atoms with Crippen molar-refractivity contribution in [1.29, 1.82) is 0 Å². The molecule has 1 rings (SSSR count). The molecule has 1 aliphatic rings. The van der Waals surface area contributed by atoms with Crippen molar-refractivity contribution in [1.82, 2.24) is 10.6 Å². The van der Waals surface area contributed by atoms with Gasteiger partial charge in [0.05, 0.1) is 5.92 Å². The van der Waals surface area contributed by atoms with Crippen LogP contribution in [-0.2, 0) is 4.79 Å². The van der Waals surface area contributed by atoms with E-state index < -0.39 is 0 Å². The van der Waals surface area contributed by atoms with Crippen LogP contribution in [0.2, 0.25) is 0 Å². The Kier molecular flexibility index (Phi) is 5.69. The summed E-state index contributed by atoms with van der Waals surface area (Å²) in [5.74, 6) is 0.422. The van der Waals surface area contributed by atoms with Crippen LogP contribution >= 0.6 is 0 Å². The Morgan fingerprint density at radius 3 is 2.93 bits per heavy atom. The fourth-order valence-electron chi connectivity index (χ4n) is 2.12. The maximum atomic E-state index is 11.8. The van der Waals surface area contributed by atoms with Gasteiger partial charge in [0.15, 0.2) is 0 Å². The highest BCUT2D eigenvalue weighted by Gasteiger charge is 2.26. The summed E-state index contributed by atoms with van der Waals surface area (Å²) in [5, 5.41) is 6.39. The van der Waals surface area contributed by atoms with Gasteiger partial charge in [-0.1, -0.05) is 19.8 Å². The first-order chi connectivity index (χ1) is 7.25. The molecular formula is C12H24N2O. The van der Waals surface area contributed by atoms with Gasteiger partial charge >= 0.3 is 0 Å². The molecular weight excluding hydrogens is 188 g/mol. The summed E-state index contributed by atoms with van der Waals surface area (Å²) >= 11 is 0. The van der Waals surface area contributed by atoms with E-state index in [0.29, 0.717) is 6.04 Å². The van der Waals surface area contributed by atoms with Gasteiger partial charge in [0.1, 0.15) is 0 Å². The number of carbonyl (C=O) groups is 1. The third-order valence-electron chi connectivity index (χ3n) is 3.18. The van der Waals surface area contributed by atoms with Crippen molar-refractivity contribution in [2.24, 2.45) is 5.92 Å². The molecule has 88 valence electrons. The minimum Gasteiger partial charge on any atom is -0.356 e. The fourth-order valence-corrected chi connectivity index (χ4v) is 2.12. The molecule has 0 aromatic rings. The van der Waals surface area contributed by atoms with E-state index in [1.165, 1.54) is 12.8 Å². The summed E-state index contributed by atoms with van der Waals surface area (Å²) in [6.07, 6.45) is 5.68. The number of piperidine rings is 1. The number of unbranched alkanes of at least 4 members (excludes halogenated alkanes) is 2. The number of carbonyl (C=O) groups excluding carboxylic acids is 1. The van der Waals surface area contributed by atoms with E-state index >= 15 is 0 Å². The predicted molar refractivity (Wildman–Crippen MR) is 62.7 cm³/mol. The van der Waals surface area contributed by atoms with Crippen LogP contribution in [0, 0.1) is 5.92 Å². The van der Waals surface area contributed by atoms with Crippen LogP contribution in [-0.4, -0.2) is 25.0 Å². The minimum atomic E-state index is 0.181. The molecule has 2 N–H and O–H groups in total. The van der Waals surface area contributed by atoms with E-state index in [1.54, 1.807) is 0 Å². The quantitative estimate of drug-likeness (QED) is 0.681. The van der Waals surface area contributed by atoms with Crippen molar-refractivity contribution in [2.75, 3.05) is 13.1 Å². The Morgan fingerprint density at radius 1 is 1.47 bits per heavy atom. The topological polar surface area (TPSA) is 41.1 Å². The molecule has 0 aliphatic carbocycles. The Labute approximate surface area is 93.0 Å². The zero-order valence-corrected chi connectivity index (χ0v) is 10.0. The van der Waals surface area contributed by atoms with E-state index in [0.717, 1.165) is 32.4 Å². The molecule has 0 saturated carbocycles. The highest BCUT2D eigenvalue weighted by atomic mass is 16.1. The smallest absolute Gasteiger partial charge is 0.224 e. The van der Waals surface area contributed by atoms with E-state index in [4.69, 9.17) is 0 Å². The number of amides is 1. The van der Waals surface area contributed by atoms with Crippen LogP contribution < -0.4 is 10.6 Å². The lowest BCUT2D eigenvalue weighted by Crippen LogP contribution is -2.46. The highest BCUT2D eigenvalue weighted by Crippen LogP contribution is 2.16. The fraction of sp³-hybridized carbons (Fsp3) is 0.917. The minimum absolute atomic E-state index is 0.181. The molecule has 0 aromatic heterocycles. The highest BCUT2D eigenvalue weighted by molar-refractivity contribution is 5.79. The second-order valence-corrected chi connectivity index (χ2v) is 4.49. The first-order valence-corrected chi connectivity index (χ1v) is 6.26. The van der Waals surface area contributed by atoms with E-state index in [9.17, 15) is 4.79 Å². The molecule has 0 radical (unpaired) electrons. The number of hydrogen-bond donors (Lipinski definition) is 2. The van der Waals surface area contributed by atoms with E-state index in [1.807, 2.05) is 0 Å². The molecule has 2 atom stereocenters. The van der Waals surface area contributed by atoms with E-state index in [2.05, 4.69) is 24.5 Å². The normalized spacial score (nSPS) is 26.3. The van der Waals surface area contributed by atoms with Gasteiger partial charge in [0.2, 0.25) is 5.91 Å². The average molecular weight is 212 g/mol. The number of rotatable bonds is 5. The van der Waals surface area contributed by atoms with Crippen LogP contribution in [0.1, 0.15) is 46.0 Å². The van der Waals surface area contributed by atoms with Crippen LogP contribution in [0.15, 0.2) is 0 Å². The van der Waals surface area contributed by atoms with Crippen LogP contribution in [0.3, 0.4) is 0 Å². The zero-order chi connectivity index (χ0) is 11.1. The Balaban J connectivity index is 2.20. The lowest BCUT2D eigenvalue weighted by atomic mass is 9.91. The van der Waals surface area contributed by atoms with Gasteiger partial charge in [-0.05, 0) is 32.7 Å². The third kappa shape index (κ3) is 4.20. The molecule has 0 bridgehead atoms. The largest absolute Gasteiger partial charge is 0.356 e. The molecule has 1 aliphatic heterocycles. The van der Waals surface area contributed by atoms with Gasteiger partial charge in [-0.15, -0.1) is 0 Å². The molecule has 1 heterocycles. The maximum absolute atomic E-state index is 11.8. The van der Waals surface area contributed by atoms with Gasteiger partial charge < -0.3 is 10.6 Å². The van der Waals surface area contributed by atoms with Gasteiger partial charge in [0, 0.05) is 12.6 Å². The number of hydrogen-bond acceptors (Lipinski definition) is 2. The monoisotopic (exact) mass is 212 g/mol. The summed E-state index contributed by atoms with van der Waals surface area (Å²) in [6.45, 7) is 6.18. The lowest BCUT2D eigenvalue weighted by Gasteiger charge is -2.28. The van der Waals surface area contributed by atoms with Crippen LogP contribution in [0.4, 0.5) is 0 Å². The predicted octanol–water partition coefficient (Wildman–Crippen LogP) is 1.68. The second kappa shape index (κ2) is 6.83. The van der Waals surface area contributed by atoms with Crippen LogP contribution in [0.25, 0.3) is 0 Å². The molecule has 1 fully saturated rings. The third-order valence-corrected chi connectivity index (χ3v) is 3.18. The maximum Gasteiger partial charge on any atom is 0.224 e. The summed E-state index contributed by atoms with van der Waals surface area (Å²) in [6, 6.07) is 0.338. The molecule has 1 amide bonds. The van der Waals surface area contributed by atoms with Gasteiger partial charge in [0.25, 0.3) is 0 Å². The SMILES string of the molecule is CCCCCNC(=O)C1CCCNC1C. The first kappa shape index (κ1) is 12.5.